The Balaban J connectivity index is -0.0000000273. The third-order valence-electron chi connectivity index (χ3n) is 0. The van der Waals surface area contributed by atoms with Crippen molar-refractivity contribution in [3.63, 3.8) is 0 Å². The van der Waals surface area contributed by atoms with Crippen LogP contribution >= 0.6 is 0 Å². The van der Waals surface area contributed by atoms with Gasteiger partial charge in [0.1, 0.15) is 0 Å². The fourth-order valence-electron chi connectivity index (χ4n) is 0. The average molecular weight is 496 g/mol. The first-order valence-corrected chi connectivity index (χ1v) is 5.71. The predicted molar refractivity (Wildman–Crippen MR) is 63.7 cm³/mol. The Bertz CT molecular complexity index is 333. The van der Waals surface area contributed by atoms with Gasteiger partial charge in [-0.1, -0.05) is 0 Å². The Morgan fingerprint density at radius 2 is 0.609 bits per heavy atom. The van der Waals surface area contributed by atoms with Gasteiger partial charge >= 0.3 is 0 Å². The molecule has 0 radical (unpaired) electrons. The van der Waals surface area contributed by atoms with Crippen LogP contribution in [0.4, 0.5) is 0 Å². The van der Waals surface area contributed by atoms with Gasteiger partial charge in [0.2, 0.25) is 0 Å². The van der Waals surface area contributed by atoms with Crippen molar-refractivity contribution in [2.24, 2.45) is 0 Å². The highest BCUT2D eigenvalue weighted by atomic mass is 79.9. The van der Waals surface area contributed by atoms with Crippen LogP contribution in [0.5, 0.6) is 0 Å². The molecule has 12 nitrogen and oxygen atoms in total. The highest BCUT2D eigenvalue weighted by Crippen LogP contribution is 1.57. The zero-order valence-corrected chi connectivity index (χ0v) is 16.2. The summed E-state index contributed by atoms with van der Waals surface area (Å²) in [4.78, 5) is 36.0. The maximum Gasteiger partial charge on any atom is 0.300 e. The molecule has 144 valence electrons. The minimum Gasteiger partial charge on any atom is -1.00 e. The van der Waals surface area contributed by atoms with Crippen LogP contribution in [0.1, 0.15) is 27.7 Å². The Morgan fingerprint density at radius 1 is 0.609 bits per heavy atom. The molecule has 0 amide bonds. The quantitative estimate of drug-likeness (QED) is 0.181. The summed E-state index contributed by atoms with van der Waals surface area (Å²) in [5.41, 5.74) is 0. The molecule has 0 fully saturated rings. The van der Waals surface area contributed by atoms with Crippen LogP contribution in [0.25, 0.3) is 0 Å². The fraction of sp³-hybridized carbons (Fsp3) is 0.500. The zero-order chi connectivity index (χ0) is 18.8. The van der Waals surface area contributed by atoms with Crippen LogP contribution in [-0.2, 0) is 29.6 Å². The van der Waals surface area contributed by atoms with Gasteiger partial charge in [-0.3, -0.25) is 27.6 Å². The molecule has 0 spiro atoms. The van der Waals surface area contributed by atoms with Gasteiger partial charge < -0.3 is 63.5 Å². The fourth-order valence-corrected chi connectivity index (χ4v) is 0. The monoisotopic (exact) mass is 494 g/mol. The summed E-state index contributed by atoms with van der Waals surface area (Å²) in [6.45, 7) is 4.33. The van der Waals surface area contributed by atoms with Crippen LogP contribution in [0.15, 0.2) is 0 Å². The molecule has 0 atom stereocenters. The first kappa shape index (κ1) is 43.0. The third-order valence-corrected chi connectivity index (χ3v) is 0. The number of carboxylic acid groups (broad SMARTS) is 4. The van der Waals surface area contributed by atoms with E-state index in [1.54, 1.807) is 0 Å². The van der Waals surface area contributed by atoms with Gasteiger partial charge in [0, 0.05) is 38.1 Å². The molecule has 0 bridgehead atoms. The normalized spacial score (nSPS) is 6.87. The van der Waals surface area contributed by atoms with Crippen LogP contribution < -0.4 is 34.0 Å². The Kier molecular flexibility index (Phi) is 53.9. The summed E-state index contributed by atoms with van der Waals surface area (Å²) in [6.07, 6.45) is 0. The van der Waals surface area contributed by atoms with Crippen molar-refractivity contribution in [2.75, 3.05) is 0 Å². The molecule has 0 rings (SSSR count). The van der Waals surface area contributed by atoms with Gasteiger partial charge in [-0.2, -0.15) is 0 Å². The van der Waals surface area contributed by atoms with E-state index in [0.29, 0.717) is 0 Å². The van der Waals surface area contributed by atoms with E-state index in [1.165, 1.54) is 0 Å². The van der Waals surface area contributed by atoms with Crippen molar-refractivity contribution >= 4 is 34.3 Å². The van der Waals surface area contributed by atoms with Crippen LogP contribution in [-0.4, -0.2) is 61.8 Å². The molecule has 0 unspecified atom stereocenters. The second kappa shape index (κ2) is 28.8. The van der Waals surface area contributed by atoms with Crippen molar-refractivity contribution in [3.05, 3.63) is 0 Å². The number of carboxylic acids is 4. The van der Waals surface area contributed by atoms with Gasteiger partial charge in [-0.05, 0) is 0 Å². The van der Waals surface area contributed by atoms with Crippen molar-refractivity contribution in [1.29, 1.82) is 0 Å². The molecule has 0 aromatic carbocycles. The molecule has 15 heteroatoms. The molecule has 0 heterocycles. The summed E-state index contributed by atoms with van der Waals surface area (Å²) in [7, 11) is -5.17. The van der Waals surface area contributed by atoms with Gasteiger partial charge in [0.05, 0.1) is 0 Å². The Hall–Kier alpha value is -1.29. The van der Waals surface area contributed by atoms with Gasteiger partial charge in [-0.25, -0.2) is 0 Å². The van der Waals surface area contributed by atoms with Crippen molar-refractivity contribution in [2.45, 2.75) is 27.7 Å². The van der Waals surface area contributed by atoms with Crippen molar-refractivity contribution in [1.82, 2.24) is 0 Å². The second-order valence-corrected chi connectivity index (χ2v) is 3.30. The standard InChI is InChI=1S/4C2H4O2.2BrH.H2O4S/c4*1-2(3)4;;;1-5(2,3)4/h4*1H3,(H,3,4);2*1H;(H2,1,2,3,4)/p-4. The number of hydrogen-bond acceptors (Lipinski definition) is 8. The lowest BCUT2D eigenvalue weighted by atomic mass is 10.9. The smallest absolute Gasteiger partial charge is 0.300 e. The molecule has 0 aliphatic heterocycles. The van der Waals surface area contributed by atoms with Crippen LogP contribution in [0.3, 0.4) is 0 Å². The molecule has 0 saturated carbocycles. The van der Waals surface area contributed by atoms with Gasteiger partial charge in [0.25, 0.3) is 23.9 Å². The average Bonchev–Trinajstić information content (AvgIpc) is 1.91. The Morgan fingerprint density at radius 3 is 0.609 bits per heavy atom. The zero-order valence-electron chi connectivity index (χ0n) is 12.2. The molecule has 0 aliphatic rings. The van der Waals surface area contributed by atoms with Crippen LogP contribution in [0.2, 0.25) is 0 Å². The predicted octanol–water partition coefficient (Wildman–Crippen LogP) is -6.97. The molecule has 0 saturated heterocycles. The van der Waals surface area contributed by atoms with E-state index >= 15 is 0 Å². The topological polar surface area (TPSA) is 229 Å². The van der Waals surface area contributed by atoms with E-state index < -0.39 is 34.3 Å². The molecule has 23 heavy (non-hydrogen) atoms. The largest absolute Gasteiger partial charge is 1.00 e. The lowest BCUT2D eigenvalue weighted by molar-refractivity contribution is -0.135. The highest BCUT2D eigenvalue weighted by molar-refractivity contribution is 7.79. The van der Waals surface area contributed by atoms with Gasteiger partial charge in [-0.15, -0.1) is 0 Å². The Labute approximate surface area is 153 Å². The van der Waals surface area contributed by atoms with E-state index in [4.69, 9.17) is 57.1 Å². The number of rotatable bonds is 0. The molecule has 4 N–H and O–H groups in total. The van der Waals surface area contributed by atoms with E-state index in [9.17, 15) is 0 Å². The number of aliphatic carboxylic acids is 4. The summed E-state index contributed by atoms with van der Waals surface area (Å²) < 4.78 is 34.1. The lowest BCUT2D eigenvalue weighted by Crippen LogP contribution is -3.00. The minimum absolute atomic E-state index is 0. The number of halogens is 2. The van der Waals surface area contributed by atoms with E-state index in [1.807, 2.05) is 0 Å². The summed E-state index contributed by atoms with van der Waals surface area (Å²) in [5.74, 6) is -3.33. The molecule has 0 aromatic heterocycles. The summed E-state index contributed by atoms with van der Waals surface area (Å²) >= 11 is 0. The van der Waals surface area contributed by atoms with Crippen molar-refractivity contribution < 1.29 is 91.1 Å². The summed E-state index contributed by atoms with van der Waals surface area (Å²) in [5, 5.41) is 29.7. The SMILES string of the molecule is CC(=O)O.CC(=O)O.CC(=O)O.CC(=O)O.O=S(=O)([O-])[O-].[Br-].[Br-]. The molecule has 0 aromatic rings. The number of carbonyl (C=O) groups is 4. The molecular formula is C8H16Br2O12S-4. The molecular weight excluding hydrogens is 480 g/mol. The maximum atomic E-state index is 9.00. The van der Waals surface area contributed by atoms with Gasteiger partial charge in [0.15, 0.2) is 0 Å². The maximum absolute atomic E-state index is 9.00. The lowest BCUT2D eigenvalue weighted by Gasteiger charge is -2.06. The first-order chi connectivity index (χ1) is 8.93. The summed E-state index contributed by atoms with van der Waals surface area (Å²) in [6, 6.07) is 0. The first-order valence-electron chi connectivity index (χ1n) is 4.38. The molecule has 0 aliphatic carbocycles. The minimum atomic E-state index is -5.17. The van der Waals surface area contributed by atoms with Crippen LogP contribution in [0, 0.1) is 0 Å². The van der Waals surface area contributed by atoms with Crippen molar-refractivity contribution in [3.8, 4) is 0 Å². The van der Waals surface area contributed by atoms with E-state index in [0.717, 1.165) is 27.7 Å². The number of hydrogen-bond donors (Lipinski definition) is 4. The van der Waals surface area contributed by atoms with E-state index in [-0.39, 0.29) is 34.0 Å². The van der Waals surface area contributed by atoms with E-state index in [2.05, 4.69) is 0 Å². The second-order valence-electron chi connectivity index (χ2n) is 2.48. The third kappa shape index (κ3) is 4360. The highest BCUT2D eigenvalue weighted by Gasteiger charge is 1.66.